The second-order valence-corrected chi connectivity index (χ2v) is 6.38. The summed E-state index contributed by atoms with van der Waals surface area (Å²) < 4.78 is 8.08. The van der Waals surface area contributed by atoms with Crippen molar-refractivity contribution in [1.82, 2.24) is 9.55 Å². The summed E-state index contributed by atoms with van der Waals surface area (Å²) in [5, 5.41) is 1.07. The average Bonchev–Trinajstić information content (AvgIpc) is 2.96. The van der Waals surface area contributed by atoms with Gasteiger partial charge in [-0.3, -0.25) is 0 Å². The Morgan fingerprint density at radius 1 is 1.04 bits per heavy atom. The number of aryl methyl sites for hydroxylation is 2. The molecule has 0 unspecified atom stereocenters. The van der Waals surface area contributed by atoms with Crippen LogP contribution in [0.2, 0.25) is 0 Å². The smallest absolute Gasteiger partial charge is 0.169 e. The summed E-state index contributed by atoms with van der Waals surface area (Å²) in [6.45, 7) is 5.93. The van der Waals surface area contributed by atoms with E-state index in [0.29, 0.717) is 6.61 Å². The normalized spacial score (nSPS) is 11.0. The largest absolute Gasteiger partial charge is 0.493 e. The van der Waals surface area contributed by atoms with E-state index in [1.165, 1.54) is 11.1 Å². The fourth-order valence-electron chi connectivity index (χ4n) is 2.58. The molecule has 0 aliphatic carbocycles. The molecule has 0 radical (unpaired) electrons. The topological polar surface area (TPSA) is 27.1 Å². The lowest BCUT2D eigenvalue weighted by atomic mass is 10.2. The Morgan fingerprint density at radius 2 is 1.83 bits per heavy atom. The van der Waals surface area contributed by atoms with Gasteiger partial charge < -0.3 is 9.30 Å². The van der Waals surface area contributed by atoms with Crippen LogP contribution in [0.1, 0.15) is 19.4 Å². The van der Waals surface area contributed by atoms with Crippen molar-refractivity contribution in [3.05, 3.63) is 54.1 Å². The van der Waals surface area contributed by atoms with Crippen LogP contribution in [0.4, 0.5) is 0 Å². The van der Waals surface area contributed by atoms with Gasteiger partial charge in [-0.05, 0) is 43.2 Å². The molecule has 23 heavy (non-hydrogen) atoms. The lowest BCUT2D eigenvalue weighted by Gasteiger charge is -2.08. The van der Waals surface area contributed by atoms with E-state index in [1.54, 1.807) is 11.8 Å². The standard InChI is InChI=1S/C19H22N2OS/c1-3-15-9-11-16(12-10-15)22-13-14-23-19-20-17-7-5-6-8-18(17)21(19)4-2/h5-12H,3-4,13-14H2,1-2H3. The molecule has 0 bridgehead atoms. The molecule has 0 amide bonds. The Hall–Kier alpha value is -1.94. The molecule has 0 spiro atoms. The number of hydrogen-bond donors (Lipinski definition) is 0. The fourth-order valence-corrected chi connectivity index (χ4v) is 3.48. The van der Waals surface area contributed by atoms with Crippen molar-refractivity contribution in [2.45, 2.75) is 32.0 Å². The van der Waals surface area contributed by atoms with E-state index in [1.807, 2.05) is 18.2 Å². The van der Waals surface area contributed by atoms with E-state index >= 15 is 0 Å². The van der Waals surface area contributed by atoms with Gasteiger partial charge >= 0.3 is 0 Å². The summed E-state index contributed by atoms with van der Waals surface area (Å²) >= 11 is 1.75. The first-order valence-corrected chi connectivity index (χ1v) is 9.10. The lowest BCUT2D eigenvalue weighted by molar-refractivity contribution is 0.343. The summed E-state index contributed by atoms with van der Waals surface area (Å²) in [6, 6.07) is 16.6. The highest BCUT2D eigenvalue weighted by molar-refractivity contribution is 7.99. The third-order valence-corrected chi connectivity index (χ3v) is 4.79. The molecule has 3 aromatic rings. The molecule has 2 aromatic carbocycles. The second-order valence-electron chi connectivity index (χ2n) is 5.32. The first-order chi connectivity index (χ1) is 11.3. The van der Waals surface area contributed by atoms with Crippen LogP contribution in [0, 0.1) is 0 Å². The highest BCUT2D eigenvalue weighted by atomic mass is 32.2. The summed E-state index contributed by atoms with van der Waals surface area (Å²) in [7, 11) is 0. The van der Waals surface area contributed by atoms with E-state index in [2.05, 4.69) is 48.7 Å². The zero-order chi connectivity index (χ0) is 16.1. The number of fused-ring (bicyclic) bond motifs is 1. The van der Waals surface area contributed by atoms with Crippen LogP contribution in [-0.4, -0.2) is 21.9 Å². The first-order valence-electron chi connectivity index (χ1n) is 8.11. The summed E-state index contributed by atoms with van der Waals surface area (Å²) in [5.74, 6) is 1.82. The number of nitrogens with zero attached hydrogens (tertiary/aromatic N) is 2. The molecular weight excluding hydrogens is 304 g/mol. The highest BCUT2D eigenvalue weighted by Gasteiger charge is 2.09. The third kappa shape index (κ3) is 3.70. The zero-order valence-corrected chi connectivity index (χ0v) is 14.5. The van der Waals surface area contributed by atoms with Gasteiger partial charge in [-0.1, -0.05) is 43.0 Å². The second kappa shape index (κ2) is 7.55. The van der Waals surface area contributed by atoms with E-state index in [4.69, 9.17) is 9.72 Å². The molecule has 120 valence electrons. The molecule has 0 aliphatic rings. The van der Waals surface area contributed by atoms with Gasteiger partial charge in [-0.15, -0.1) is 0 Å². The van der Waals surface area contributed by atoms with E-state index in [9.17, 15) is 0 Å². The van der Waals surface area contributed by atoms with Crippen molar-refractivity contribution >= 4 is 22.8 Å². The number of thioether (sulfide) groups is 1. The Balaban J connectivity index is 1.58. The van der Waals surface area contributed by atoms with Crippen molar-refractivity contribution < 1.29 is 4.74 Å². The fraction of sp³-hybridized carbons (Fsp3) is 0.316. The number of para-hydroxylation sites is 2. The van der Waals surface area contributed by atoms with E-state index < -0.39 is 0 Å². The number of imidazole rings is 1. The molecule has 0 N–H and O–H groups in total. The maximum Gasteiger partial charge on any atom is 0.169 e. The van der Waals surface area contributed by atoms with Crippen LogP contribution in [0.5, 0.6) is 5.75 Å². The SMILES string of the molecule is CCc1ccc(OCCSc2nc3ccccc3n2CC)cc1. The monoisotopic (exact) mass is 326 g/mol. The molecule has 1 aromatic heterocycles. The third-order valence-electron chi connectivity index (χ3n) is 3.85. The molecule has 0 atom stereocenters. The Morgan fingerprint density at radius 3 is 2.57 bits per heavy atom. The van der Waals surface area contributed by atoms with Crippen molar-refractivity contribution in [3.8, 4) is 5.75 Å². The van der Waals surface area contributed by atoms with Gasteiger partial charge in [0, 0.05) is 12.3 Å². The molecule has 1 heterocycles. The predicted octanol–water partition coefficient (Wildman–Crippen LogP) is 4.79. The lowest BCUT2D eigenvalue weighted by Crippen LogP contribution is -2.02. The molecule has 3 rings (SSSR count). The predicted molar refractivity (Wildman–Crippen MR) is 97.4 cm³/mol. The molecule has 3 nitrogen and oxygen atoms in total. The van der Waals surface area contributed by atoms with Gasteiger partial charge in [0.05, 0.1) is 17.6 Å². The Bertz CT molecular complexity index is 765. The summed E-state index contributed by atoms with van der Waals surface area (Å²) in [4.78, 5) is 4.72. The first kappa shape index (κ1) is 15.9. The van der Waals surface area contributed by atoms with Gasteiger partial charge in [0.2, 0.25) is 0 Å². The van der Waals surface area contributed by atoms with Crippen molar-refractivity contribution in [1.29, 1.82) is 0 Å². The van der Waals surface area contributed by atoms with E-state index in [-0.39, 0.29) is 0 Å². The quantitative estimate of drug-likeness (QED) is 0.461. The van der Waals surface area contributed by atoms with Gasteiger partial charge in [0.1, 0.15) is 5.75 Å². The molecule has 0 saturated carbocycles. The van der Waals surface area contributed by atoms with Crippen LogP contribution in [-0.2, 0) is 13.0 Å². The number of benzene rings is 2. The maximum absolute atomic E-state index is 5.82. The Labute approximate surface area is 141 Å². The van der Waals surface area contributed by atoms with Crippen LogP contribution < -0.4 is 4.74 Å². The molecule has 0 saturated heterocycles. The van der Waals surface area contributed by atoms with Crippen molar-refractivity contribution in [3.63, 3.8) is 0 Å². The maximum atomic E-state index is 5.82. The van der Waals surface area contributed by atoms with Gasteiger partial charge in [0.25, 0.3) is 0 Å². The minimum atomic E-state index is 0.684. The van der Waals surface area contributed by atoms with Gasteiger partial charge in [0.15, 0.2) is 5.16 Å². The number of aromatic nitrogens is 2. The Kier molecular flexibility index (Phi) is 5.23. The summed E-state index contributed by atoms with van der Waals surface area (Å²) in [6.07, 6.45) is 1.06. The molecular formula is C19H22N2OS. The molecule has 4 heteroatoms. The molecule has 0 aliphatic heterocycles. The van der Waals surface area contributed by atoms with Crippen LogP contribution in [0.3, 0.4) is 0 Å². The van der Waals surface area contributed by atoms with Crippen molar-refractivity contribution in [2.24, 2.45) is 0 Å². The zero-order valence-electron chi connectivity index (χ0n) is 13.7. The number of ether oxygens (including phenoxy) is 1. The van der Waals surface area contributed by atoms with Crippen LogP contribution in [0.25, 0.3) is 11.0 Å². The van der Waals surface area contributed by atoms with Crippen LogP contribution in [0.15, 0.2) is 53.7 Å². The van der Waals surface area contributed by atoms with Gasteiger partial charge in [-0.2, -0.15) is 0 Å². The highest BCUT2D eigenvalue weighted by Crippen LogP contribution is 2.24. The van der Waals surface area contributed by atoms with Gasteiger partial charge in [-0.25, -0.2) is 4.98 Å². The van der Waals surface area contributed by atoms with Crippen LogP contribution >= 0.6 is 11.8 Å². The van der Waals surface area contributed by atoms with E-state index in [0.717, 1.165) is 35.1 Å². The number of hydrogen-bond acceptors (Lipinski definition) is 3. The van der Waals surface area contributed by atoms with Crippen molar-refractivity contribution in [2.75, 3.05) is 12.4 Å². The minimum Gasteiger partial charge on any atom is -0.493 e. The molecule has 0 fully saturated rings. The summed E-state index contributed by atoms with van der Waals surface area (Å²) in [5.41, 5.74) is 3.60. The minimum absolute atomic E-state index is 0.684. The average molecular weight is 326 g/mol. The number of rotatable bonds is 7.